The predicted molar refractivity (Wildman–Crippen MR) is 99.9 cm³/mol. The lowest BCUT2D eigenvalue weighted by Gasteiger charge is -1.98. The van der Waals surface area contributed by atoms with Crippen LogP contribution in [0.25, 0.3) is 17.4 Å². The van der Waals surface area contributed by atoms with E-state index in [-0.39, 0.29) is 11.3 Å². The lowest BCUT2D eigenvalue weighted by Crippen LogP contribution is -2.02. The molecule has 0 radical (unpaired) electrons. The molecule has 0 aliphatic heterocycles. The molecular formula is C21H14N2O4. The van der Waals surface area contributed by atoms with Gasteiger partial charge in [-0.05, 0) is 36.8 Å². The lowest BCUT2D eigenvalue weighted by molar-refractivity contribution is -0.384. The van der Waals surface area contributed by atoms with Crippen LogP contribution >= 0.6 is 0 Å². The van der Waals surface area contributed by atoms with E-state index >= 15 is 0 Å². The first-order chi connectivity index (χ1) is 13.0. The molecular weight excluding hydrogens is 344 g/mol. The summed E-state index contributed by atoms with van der Waals surface area (Å²) in [5.74, 6) is 0.507. The third-order valence-electron chi connectivity index (χ3n) is 4.00. The van der Waals surface area contributed by atoms with E-state index in [0.717, 1.165) is 5.56 Å². The minimum Gasteiger partial charge on any atom is -0.461 e. The first-order valence-electron chi connectivity index (χ1n) is 8.06. The topological polar surface area (TPSA) is 97.1 Å². The third-order valence-corrected chi connectivity index (χ3v) is 4.00. The van der Waals surface area contributed by atoms with Crippen molar-refractivity contribution in [2.24, 2.45) is 0 Å². The van der Waals surface area contributed by atoms with Crippen molar-refractivity contribution in [3.05, 3.63) is 93.2 Å². The fourth-order valence-electron chi connectivity index (χ4n) is 2.60. The molecule has 0 spiro atoms. The van der Waals surface area contributed by atoms with E-state index in [0.29, 0.717) is 22.6 Å². The molecule has 2 aromatic carbocycles. The number of ketones is 1. The number of carbonyl (C=O) groups excluding carboxylic acids is 1. The van der Waals surface area contributed by atoms with Crippen molar-refractivity contribution in [2.75, 3.05) is 0 Å². The van der Waals surface area contributed by atoms with Crippen molar-refractivity contribution in [3.8, 4) is 17.4 Å². The zero-order chi connectivity index (χ0) is 19.4. The van der Waals surface area contributed by atoms with E-state index in [1.165, 1.54) is 30.3 Å². The molecule has 1 heterocycles. The van der Waals surface area contributed by atoms with Gasteiger partial charge in [0.1, 0.15) is 23.2 Å². The number of nitrogens with zero attached hydrogens (tertiary/aromatic N) is 2. The Morgan fingerprint density at radius 2 is 1.81 bits per heavy atom. The molecule has 0 unspecified atom stereocenters. The van der Waals surface area contributed by atoms with Gasteiger partial charge in [-0.25, -0.2) is 0 Å². The van der Waals surface area contributed by atoms with E-state index in [4.69, 9.17) is 4.42 Å². The second-order valence-corrected chi connectivity index (χ2v) is 5.79. The highest BCUT2D eigenvalue weighted by Gasteiger charge is 2.19. The van der Waals surface area contributed by atoms with Gasteiger partial charge in [0, 0.05) is 17.7 Å². The maximum Gasteiger partial charge on any atom is 0.269 e. The summed E-state index contributed by atoms with van der Waals surface area (Å²) in [4.78, 5) is 23.0. The van der Waals surface area contributed by atoms with Crippen LogP contribution in [0.2, 0.25) is 0 Å². The molecule has 0 aliphatic carbocycles. The summed E-state index contributed by atoms with van der Waals surface area (Å²) in [6.07, 6.45) is 1.40. The fourth-order valence-corrected chi connectivity index (χ4v) is 2.60. The van der Waals surface area contributed by atoms with Gasteiger partial charge in [0.15, 0.2) is 0 Å². The highest BCUT2D eigenvalue weighted by Crippen LogP contribution is 2.27. The number of carbonyl (C=O) groups is 1. The van der Waals surface area contributed by atoms with E-state index < -0.39 is 10.7 Å². The van der Waals surface area contributed by atoms with Gasteiger partial charge >= 0.3 is 0 Å². The molecule has 132 valence electrons. The Bertz CT molecular complexity index is 1070. The van der Waals surface area contributed by atoms with E-state index in [1.807, 2.05) is 36.4 Å². The number of benzene rings is 2. The van der Waals surface area contributed by atoms with Gasteiger partial charge in [0.25, 0.3) is 5.69 Å². The summed E-state index contributed by atoms with van der Waals surface area (Å²) in [5, 5.41) is 20.1. The maximum atomic E-state index is 12.8. The molecule has 0 saturated heterocycles. The van der Waals surface area contributed by atoms with E-state index in [2.05, 4.69) is 0 Å². The minimum absolute atomic E-state index is 0.0600. The Hall–Kier alpha value is -3.98. The summed E-state index contributed by atoms with van der Waals surface area (Å²) in [7, 11) is 0. The Morgan fingerprint density at radius 1 is 1.15 bits per heavy atom. The molecule has 6 nitrogen and oxygen atoms in total. The first kappa shape index (κ1) is 17.8. The summed E-state index contributed by atoms with van der Waals surface area (Å²) in [6.45, 7) is 1.67. The molecule has 0 aliphatic rings. The second-order valence-electron chi connectivity index (χ2n) is 5.79. The van der Waals surface area contributed by atoms with Crippen LogP contribution in [0.4, 0.5) is 5.69 Å². The Kier molecular flexibility index (Phi) is 4.95. The molecule has 3 rings (SSSR count). The van der Waals surface area contributed by atoms with Gasteiger partial charge in [-0.1, -0.05) is 30.3 Å². The molecule has 6 heteroatoms. The predicted octanol–water partition coefficient (Wildman–Crippen LogP) is 4.95. The third kappa shape index (κ3) is 3.83. The Morgan fingerprint density at radius 3 is 2.41 bits per heavy atom. The number of non-ortho nitro benzene ring substituents is 1. The number of Topliss-reactive ketones (excluding diaryl/α,β-unsaturated/α-hetero) is 1. The molecule has 0 fully saturated rings. The van der Waals surface area contributed by atoms with Crippen molar-refractivity contribution in [1.29, 1.82) is 5.26 Å². The molecule has 0 atom stereocenters. The van der Waals surface area contributed by atoms with Crippen molar-refractivity contribution in [3.63, 3.8) is 0 Å². The molecule has 1 aromatic heterocycles. The average Bonchev–Trinajstić information content (AvgIpc) is 3.08. The van der Waals surface area contributed by atoms with E-state index in [9.17, 15) is 20.2 Å². The zero-order valence-corrected chi connectivity index (χ0v) is 14.4. The van der Waals surface area contributed by atoms with Gasteiger partial charge in [-0.2, -0.15) is 5.26 Å². The zero-order valence-electron chi connectivity index (χ0n) is 14.4. The molecule has 0 bridgehead atoms. The number of nitriles is 1. The second kappa shape index (κ2) is 7.50. The van der Waals surface area contributed by atoms with Crippen molar-refractivity contribution in [2.45, 2.75) is 6.92 Å². The highest BCUT2D eigenvalue weighted by molar-refractivity contribution is 6.15. The minimum atomic E-state index is -0.510. The van der Waals surface area contributed by atoms with Gasteiger partial charge in [0.2, 0.25) is 5.78 Å². The number of hydrogen-bond donors (Lipinski definition) is 0. The molecule has 3 aromatic rings. The number of rotatable bonds is 5. The smallest absolute Gasteiger partial charge is 0.269 e. The molecule has 0 saturated carbocycles. The maximum absolute atomic E-state index is 12.8. The number of furan rings is 1. The standard InChI is InChI=1S/C21H14N2O4/c1-14-19(12-20(27-14)16-5-3-2-4-6-16)21(24)17(13-22)11-15-7-9-18(10-8-15)23(25)26/h2-12H,1H3/b17-11-. The van der Waals surface area contributed by atoms with Gasteiger partial charge in [0.05, 0.1) is 10.5 Å². The summed E-state index contributed by atoms with van der Waals surface area (Å²) in [6, 6.07) is 18.5. The van der Waals surface area contributed by atoms with E-state index in [1.54, 1.807) is 13.0 Å². The van der Waals surface area contributed by atoms with Crippen LogP contribution in [0.15, 0.2) is 70.7 Å². The molecule has 27 heavy (non-hydrogen) atoms. The number of nitro benzene ring substituents is 1. The molecule has 0 amide bonds. The van der Waals surface area contributed by atoms with Gasteiger partial charge < -0.3 is 4.42 Å². The largest absolute Gasteiger partial charge is 0.461 e. The molecule has 0 N–H and O–H groups in total. The summed E-state index contributed by atoms with van der Waals surface area (Å²) < 4.78 is 5.68. The Balaban J connectivity index is 1.92. The van der Waals surface area contributed by atoms with Crippen LogP contribution in [0.3, 0.4) is 0 Å². The monoisotopic (exact) mass is 358 g/mol. The number of nitro groups is 1. The van der Waals surface area contributed by atoms with Crippen LogP contribution in [0.5, 0.6) is 0 Å². The number of aryl methyl sites for hydroxylation is 1. The summed E-state index contributed by atoms with van der Waals surface area (Å²) in [5.41, 5.74) is 1.53. The number of hydrogen-bond acceptors (Lipinski definition) is 5. The van der Waals surface area contributed by atoms with Crippen molar-refractivity contribution < 1.29 is 14.1 Å². The van der Waals surface area contributed by atoms with Crippen LogP contribution in [0.1, 0.15) is 21.7 Å². The van der Waals surface area contributed by atoms with Crippen LogP contribution < -0.4 is 0 Å². The van der Waals surface area contributed by atoms with Crippen molar-refractivity contribution >= 4 is 17.5 Å². The fraction of sp³-hybridized carbons (Fsp3) is 0.0476. The first-order valence-corrected chi connectivity index (χ1v) is 8.06. The Labute approximate surface area is 155 Å². The normalized spacial score (nSPS) is 11.0. The highest BCUT2D eigenvalue weighted by atomic mass is 16.6. The average molecular weight is 358 g/mol. The quantitative estimate of drug-likeness (QED) is 0.211. The number of allylic oxidation sites excluding steroid dienone is 1. The van der Waals surface area contributed by atoms with Crippen LogP contribution in [-0.4, -0.2) is 10.7 Å². The van der Waals surface area contributed by atoms with Crippen molar-refractivity contribution in [1.82, 2.24) is 0 Å². The SMILES string of the molecule is Cc1oc(-c2ccccc2)cc1C(=O)/C(C#N)=C\c1ccc([N+](=O)[O-])cc1. The lowest BCUT2D eigenvalue weighted by atomic mass is 10.0. The van der Waals surface area contributed by atoms with Crippen LogP contribution in [-0.2, 0) is 0 Å². The van der Waals surface area contributed by atoms with Crippen LogP contribution in [0, 0.1) is 28.4 Å². The summed E-state index contributed by atoms with van der Waals surface area (Å²) >= 11 is 0. The van der Waals surface area contributed by atoms with Gasteiger partial charge in [-0.15, -0.1) is 0 Å². The van der Waals surface area contributed by atoms with Gasteiger partial charge in [-0.3, -0.25) is 14.9 Å².